The molecule has 3 aromatic rings. The first kappa shape index (κ1) is 17.3. The quantitative estimate of drug-likeness (QED) is 0.727. The molecule has 0 atom stereocenters. The zero-order valence-corrected chi connectivity index (χ0v) is 14.4. The van der Waals surface area contributed by atoms with Gasteiger partial charge in [-0.05, 0) is 31.2 Å². The fourth-order valence-corrected chi connectivity index (χ4v) is 2.69. The number of hydrogen-bond acceptors (Lipinski definition) is 5. The van der Waals surface area contributed by atoms with E-state index in [4.69, 9.17) is 0 Å². The maximum absolute atomic E-state index is 12.5. The van der Waals surface area contributed by atoms with Crippen molar-refractivity contribution in [2.75, 3.05) is 12.4 Å². The van der Waals surface area contributed by atoms with Crippen LogP contribution in [0.1, 0.15) is 16.1 Å². The Bertz CT molecular complexity index is 1060. The number of methoxy groups -OCH3 is 1. The van der Waals surface area contributed by atoms with Crippen LogP contribution in [0.15, 0.2) is 53.3 Å². The summed E-state index contributed by atoms with van der Waals surface area (Å²) in [4.78, 5) is 36.4. The van der Waals surface area contributed by atoms with Gasteiger partial charge in [0.05, 0.1) is 23.8 Å². The van der Waals surface area contributed by atoms with Crippen molar-refractivity contribution in [1.82, 2.24) is 9.78 Å². The van der Waals surface area contributed by atoms with Gasteiger partial charge in [-0.15, -0.1) is 0 Å². The molecule has 0 bridgehead atoms. The minimum absolute atomic E-state index is 0.229. The molecule has 0 aliphatic carbocycles. The predicted octanol–water partition coefficient (Wildman–Crippen LogP) is 2.13. The van der Waals surface area contributed by atoms with Gasteiger partial charge in [0.25, 0.3) is 5.56 Å². The summed E-state index contributed by atoms with van der Waals surface area (Å²) in [5.41, 5.74) is 1.09. The Morgan fingerprint density at radius 1 is 1.12 bits per heavy atom. The van der Waals surface area contributed by atoms with E-state index in [0.29, 0.717) is 22.3 Å². The van der Waals surface area contributed by atoms with E-state index in [2.05, 4.69) is 15.2 Å². The molecule has 7 nitrogen and oxygen atoms in total. The second-order valence-electron chi connectivity index (χ2n) is 5.71. The monoisotopic (exact) mass is 351 g/mol. The number of anilines is 1. The fraction of sp³-hybridized carbons (Fsp3) is 0.158. The van der Waals surface area contributed by atoms with Crippen LogP contribution in [-0.2, 0) is 16.1 Å². The lowest BCUT2D eigenvalue weighted by molar-refractivity contribution is -0.117. The maximum atomic E-state index is 12.5. The molecule has 3 rings (SSSR count). The van der Waals surface area contributed by atoms with Gasteiger partial charge in [0.15, 0.2) is 0 Å². The van der Waals surface area contributed by atoms with Gasteiger partial charge in [-0.3, -0.25) is 9.59 Å². The molecule has 1 amide bonds. The number of carbonyl (C=O) groups excluding carboxylic acids is 2. The Morgan fingerprint density at radius 3 is 2.58 bits per heavy atom. The van der Waals surface area contributed by atoms with Gasteiger partial charge < -0.3 is 10.1 Å². The molecule has 1 aromatic heterocycles. The van der Waals surface area contributed by atoms with Crippen LogP contribution in [0, 0.1) is 6.92 Å². The van der Waals surface area contributed by atoms with E-state index in [9.17, 15) is 14.4 Å². The minimum Gasteiger partial charge on any atom is -0.465 e. The standard InChI is InChI=1S/C19H17N3O4/c1-12-15-8-3-4-9-16(15)18(24)22(21-12)11-17(23)20-14-7-5-6-13(10-14)19(25)26-2/h3-10H,11H2,1-2H3,(H,20,23). The van der Waals surface area contributed by atoms with Crippen LogP contribution in [0.2, 0.25) is 0 Å². The Kier molecular flexibility index (Phi) is 4.79. The van der Waals surface area contributed by atoms with Gasteiger partial charge in [-0.25, -0.2) is 9.48 Å². The average Bonchev–Trinajstić information content (AvgIpc) is 2.65. The molecule has 0 fully saturated rings. The van der Waals surface area contributed by atoms with Crippen LogP contribution in [-0.4, -0.2) is 28.8 Å². The lowest BCUT2D eigenvalue weighted by atomic mass is 10.1. The van der Waals surface area contributed by atoms with Gasteiger partial charge >= 0.3 is 5.97 Å². The van der Waals surface area contributed by atoms with Gasteiger partial charge in [-0.1, -0.05) is 24.3 Å². The summed E-state index contributed by atoms with van der Waals surface area (Å²) < 4.78 is 5.79. The molecule has 132 valence electrons. The van der Waals surface area contributed by atoms with E-state index < -0.39 is 11.9 Å². The molecule has 0 saturated carbocycles. The first-order valence-electron chi connectivity index (χ1n) is 7.94. The Balaban J connectivity index is 1.83. The molecular weight excluding hydrogens is 334 g/mol. The molecule has 0 radical (unpaired) electrons. The Hall–Kier alpha value is -3.48. The van der Waals surface area contributed by atoms with Crippen molar-refractivity contribution in [2.24, 2.45) is 0 Å². The smallest absolute Gasteiger partial charge is 0.337 e. The van der Waals surface area contributed by atoms with Crippen molar-refractivity contribution < 1.29 is 14.3 Å². The summed E-state index contributed by atoms with van der Waals surface area (Å²) in [7, 11) is 1.29. The van der Waals surface area contributed by atoms with Crippen molar-refractivity contribution in [1.29, 1.82) is 0 Å². The number of nitrogens with one attached hydrogen (secondary N) is 1. The molecule has 0 aliphatic heterocycles. The second kappa shape index (κ2) is 7.18. The first-order chi connectivity index (χ1) is 12.5. The highest BCUT2D eigenvalue weighted by molar-refractivity contribution is 5.94. The maximum Gasteiger partial charge on any atom is 0.337 e. The predicted molar refractivity (Wildman–Crippen MR) is 97.2 cm³/mol. The third-order valence-corrected chi connectivity index (χ3v) is 3.91. The number of ether oxygens (including phenoxy) is 1. The van der Waals surface area contributed by atoms with E-state index in [-0.39, 0.29) is 12.1 Å². The summed E-state index contributed by atoms with van der Waals surface area (Å²) >= 11 is 0. The molecular formula is C19H17N3O4. The van der Waals surface area contributed by atoms with Crippen molar-refractivity contribution in [3.05, 3.63) is 70.1 Å². The highest BCUT2D eigenvalue weighted by atomic mass is 16.5. The van der Waals surface area contributed by atoms with Crippen LogP contribution in [0.5, 0.6) is 0 Å². The molecule has 0 unspecified atom stereocenters. The van der Waals surface area contributed by atoms with Crippen LogP contribution in [0.4, 0.5) is 5.69 Å². The SMILES string of the molecule is COC(=O)c1cccc(NC(=O)Cn2nc(C)c3ccccc3c2=O)c1. The third-order valence-electron chi connectivity index (χ3n) is 3.91. The van der Waals surface area contributed by atoms with Gasteiger partial charge in [-0.2, -0.15) is 5.10 Å². The number of aryl methyl sites for hydroxylation is 1. The normalized spacial score (nSPS) is 10.5. The van der Waals surface area contributed by atoms with Crippen molar-refractivity contribution in [2.45, 2.75) is 13.5 Å². The topological polar surface area (TPSA) is 90.3 Å². The fourth-order valence-electron chi connectivity index (χ4n) is 2.69. The Labute approximate surface area is 149 Å². The summed E-state index contributed by atoms with van der Waals surface area (Å²) in [5, 5.41) is 8.15. The Morgan fingerprint density at radius 2 is 1.85 bits per heavy atom. The lowest BCUT2D eigenvalue weighted by Crippen LogP contribution is -2.30. The number of rotatable bonds is 4. The van der Waals surface area contributed by atoms with Crippen LogP contribution in [0.25, 0.3) is 10.8 Å². The number of aromatic nitrogens is 2. The molecule has 7 heteroatoms. The zero-order chi connectivity index (χ0) is 18.7. The molecule has 0 spiro atoms. The second-order valence-corrected chi connectivity index (χ2v) is 5.71. The largest absolute Gasteiger partial charge is 0.465 e. The van der Waals surface area contributed by atoms with Gasteiger partial charge in [0.1, 0.15) is 6.54 Å². The summed E-state index contributed by atoms with van der Waals surface area (Å²) in [6.45, 7) is 1.56. The molecule has 0 aliphatic rings. The first-order valence-corrected chi connectivity index (χ1v) is 7.94. The van der Waals surface area contributed by atoms with E-state index >= 15 is 0 Å². The number of nitrogens with zero attached hydrogens (tertiary/aromatic N) is 2. The third kappa shape index (κ3) is 3.46. The van der Waals surface area contributed by atoms with E-state index in [1.165, 1.54) is 13.2 Å². The van der Waals surface area contributed by atoms with Gasteiger partial charge in [0.2, 0.25) is 5.91 Å². The molecule has 0 saturated heterocycles. The summed E-state index contributed by atoms with van der Waals surface area (Å²) in [6, 6.07) is 13.5. The van der Waals surface area contributed by atoms with Crippen LogP contribution < -0.4 is 10.9 Å². The van der Waals surface area contributed by atoms with Crippen LogP contribution in [0.3, 0.4) is 0 Å². The number of amides is 1. The highest BCUT2D eigenvalue weighted by Crippen LogP contribution is 2.13. The van der Waals surface area contributed by atoms with Gasteiger partial charge in [0, 0.05) is 11.1 Å². The molecule has 2 aromatic carbocycles. The van der Waals surface area contributed by atoms with E-state index in [1.54, 1.807) is 37.3 Å². The van der Waals surface area contributed by atoms with Crippen molar-refractivity contribution in [3.63, 3.8) is 0 Å². The molecule has 26 heavy (non-hydrogen) atoms. The van der Waals surface area contributed by atoms with Crippen molar-refractivity contribution in [3.8, 4) is 0 Å². The average molecular weight is 351 g/mol. The van der Waals surface area contributed by atoms with Crippen LogP contribution >= 0.6 is 0 Å². The summed E-state index contributed by atoms with van der Waals surface area (Å²) in [5.74, 6) is -0.916. The molecule has 1 heterocycles. The van der Waals surface area contributed by atoms with E-state index in [0.717, 1.165) is 10.1 Å². The number of hydrogen-bond donors (Lipinski definition) is 1. The van der Waals surface area contributed by atoms with Crippen molar-refractivity contribution >= 4 is 28.3 Å². The number of fused-ring (bicyclic) bond motifs is 1. The lowest BCUT2D eigenvalue weighted by Gasteiger charge is -2.10. The van der Waals surface area contributed by atoms with E-state index in [1.807, 2.05) is 12.1 Å². The number of esters is 1. The molecule has 1 N–H and O–H groups in total. The minimum atomic E-state index is -0.496. The number of carbonyl (C=O) groups is 2. The highest BCUT2D eigenvalue weighted by Gasteiger charge is 2.12. The zero-order valence-electron chi connectivity index (χ0n) is 14.4. The summed E-state index contributed by atoms with van der Waals surface area (Å²) in [6.07, 6.45) is 0. The number of benzene rings is 2.